The second-order valence-electron chi connectivity index (χ2n) is 9.44. The summed E-state index contributed by atoms with van der Waals surface area (Å²) >= 11 is 0. The fraction of sp³-hybridized carbons (Fsp3) is 0.565. The van der Waals surface area contributed by atoms with E-state index in [1.807, 2.05) is 0 Å². The van der Waals surface area contributed by atoms with Crippen LogP contribution >= 0.6 is 0 Å². The Labute approximate surface area is 200 Å². The zero-order valence-electron chi connectivity index (χ0n) is 19.0. The topological polar surface area (TPSA) is 139 Å². The van der Waals surface area contributed by atoms with Crippen LogP contribution in [0.25, 0.3) is 0 Å². The number of nitrogens with one attached hydrogen (secondary N) is 1. The van der Waals surface area contributed by atoms with Gasteiger partial charge in [0, 0.05) is 31.1 Å². The van der Waals surface area contributed by atoms with Crippen LogP contribution in [0.4, 0.5) is 13.2 Å². The molecule has 0 aromatic heterocycles. The number of piperidine rings is 1. The maximum atomic E-state index is 14.4. The van der Waals surface area contributed by atoms with Crippen molar-refractivity contribution >= 4 is 23.6 Å². The van der Waals surface area contributed by atoms with Gasteiger partial charge in [-0.05, 0) is 49.7 Å². The summed E-state index contributed by atoms with van der Waals surface area (Å²) in [5.41, 5.74) is 10.7. The van der Waals surface area contributed by atoms with Gasteiger partial charge >= 0.3 is 0 Å². The molecule has 190 valence electrons. The molecule has 12 heteroatoms. The van der Waals surface area contributed by atoms with Crippen LogP contribution in [-0.4, -0.2) is 70.7 Å². The molecule has 2 saturated heterocycles. The highest BCUT2D eigenvalue weighted by Gasteiger charge is 2.55. The number of carbonyl (C=O) groups excluding carboxylic acids is 4. The van der Waals surface area contributed by atoms with Crippen molar-refractivity contribution in [2.45, 2.75) is 62.7 Å². The standard InChI is InChI=1S/C23H28F3N5O4/c24-14-9-16(26)15(25)5-11(14)4-13(29-23(35)17-2-1-3-30(17)21(33)10-27)8-20(32)31-18-6-12(18)7-19(31)22(28)34/h5,9,12-13,17-19H,1-4,6-8,10,27H2,(H2,28,34)(H,29,35)/t12?,13-,17?,18?,19?/m1/s1. The predicted molar refractivity (Wildman–Crippen MR) is 117 cm³/mol. The molecule has 9 nitrogen and oxygen atoms in total. The smallest absolute Gasteiger partial charge is 0.243 e. The van der Waals surface area contributed by atoms with Gasteiger partial charge in [0.2, 0.25) is 23.6 Å². The zero-order valence-corrected chi connectivity index (χ0v) is 19.0. The Balaban J connectivity index is 1.54. The average molecular weight is 496 g/mol. The molecule has 1 aliphatic carbocycles. The van der Waals surface area contributed by atoms with E-state index in [1.54, 1.807) is 0 Å². The van der Waals surface area contributed by atoms with Crippen LogP contribution in [0.3, 0.4) is 0 Å². The third kappa shape index (κ3) is 5.12. The van der Waals surface area contributed by atoms with Gasteiger partial charge in [-0.25, -0.2) is 13.2 Å². The lowest BCUT2D eigenvalue weighted by Crippen LogP contribution is -2.52. The Morgan fingerprint density at radius 2 is 1.74 bits per heavy atom. The molecule has 0 spiro atoms. The molecule has 4 unspecified atom stereocenters. The molecule has 1 saturated carbocycles. The van der Waals surface area contributed by atoms with Gasteiger partial charge in [0.1, 0.15) is 17.9 Å². The number of hydrogen-bond acceptors (Lipinski definition) is 5. The van der Waals surface area contributed by atoms with Crippen molar-refractivity contribution in [1.82, 2.24) is 15.1 Å². The monoisotopic (exact) mass is 495 g/mol. The summed E-state index contributed by atoms with van der Waals surface area (Å²) in [6.07, 6.45) is 1.58. The number of halogens is 3. The van der Waals surface area contributed by atoms with Crippen molar-refractivity contribution in [2.75, 3.05) is 13.1 Å². The van der Waals surface area contributed by atoms with Gasteiger partial charge in [-0.15, -0.1) is 0 Å². The third-order valence-corrected chi connectivity index (χ3v) is 7.09. The molecule has 3 fully saturated rings. The van der Waals surface area contributed by atoms with Crippen LogP contribution in [0.1, 0.15) is 37.7 Å². The molecule has 1 aromatic carbocycles. The lowest BCUT2D eigenvalue weighted by Gasteiger charge is -2.29. The van der Waals surface area contributed by atoms with E-state index in [0.717, 1.165) is 6.42 Å². The lowest BCUT2D eigenvalue weighted by atomic mass is 10.0. The molecule has 3 aliphatic rings. The molecule has 5 N–H and O–H groups in total. The number of hydrogen-bond donors (Lipinski definition) is 3. The maximum absolute atomic E-state index is 14.4. The van der Waals surface area contributed by atoms with Gasteiger partial charge in [-0.3, -0.25) is 19.2 Å². The quantitative estimate of drug-likeness (QED) is 0.434. The van der Waals surface area contributed by atoms with E-state index in [2.05, 4.69) is 5.32 Å². The highest BCUT2D eigenvalue weighted by Crippen LogP contribution is 2.48. The van der Waals surface area contributed by atoms with E-state index in [-0.39, 0.29) is 36.9 Å². The van der Waals surface area contributed by atoms with Crippen LogP contribution in [0.2, 0.25) is 0 Å². The van der Waals surface area contributed by atoms with Crippen LogP contribution in [0.15, 0.2) is 12.1 Å². The Hall–Kier alpha value is -3.15. The first-order valence-electron chi connectivity index (χ1n) is 11.6. The Bertz CT molecular complexity index is 1050. The summed E-state index contributed by atoms with van der Waals surface area (Å²) in [6.45, 7) is 0.0877. The third-order valence-electron chi connectivity index (χ3n) is 7.09. The highest BCUT2D eigenvalue weighted by atomic mass is 19.2. The average Bonchev–Trinajstić information content (AvgIpc) is 3.21. The Morgan fingerprint density at radius 3 is 2.43 bits per heavy atom. The first kappa shape index (κ1) is 25.0. The number of benzene rings is 1. The molecule has 4 rings (SSSR count). The Kier molecular flexibility index (Phi) is 7.02. The highest BCUT2D eigenvalue weighted by molar-refractivity contribution is 5.90. The SMILES string of the molecule is NCC(=O)N1CCCC1C(=O)N[C@@H](CC(=O)N1C(C(N)=O)CC2CC21)Cc1cc(F)c(F)cc1F. The minimum Gasteiger partial charge on any atom is -0.368 e. The van der Waals surface area contributed by atoms with E-state index in [0.29, 0.717) is 37.9 Å². The van der Waals surface area contributed by atoms with Crippen LogP contribution < -0.4 is 16.8 Å². The number of fused-ring (bicyclic) bond motifs is 1. The molecule has 2 aliphatic heterocycles. The zero-order chi connectivity index (χ0) is 25.4. The molecule has 4 amide bonds. The number of rotatable bonds is 8. The van der Waals surface area contributed by atoms with Crippen molar-refractivity contribution in [3.63, 3.8) is 0 Å². The van der Waals surface area contributed by atoms with Crippen molar-refractivity contribution in [3.05, 3.63) is 35.1 Å². The summed E-state index contributed by atoms with van der Waals surface area (Å²) in [6, 6.07) is -1.58. The number of likely N-dealkylation sites (tertiary alicyclic amines) is 2. The molecule has 0 bridgehead atoms. The van der Waals surface area contributed by atoms with Crippen molar-refractivity contribution in [2.24, 2.45) is 17.4 Å². The van der Waals surface area contributed by atoms with E-state index in [4.69, 9.17) is 11.5 Å². The van der Waals surface area contributed by atoms with Crippen molar-refractivity contribution in [3.8, 4) is 0 Å². The molecule has 0 radical (unpaired) electrons. The second kappa shape index (κ2) is 9.84. The summed E-state index contributed by atoms with van der Waals surface area (Å²) in [4.78, 5) is 53.0. The van der Waals surface area contributed by atoms with Crippen LogP contribution in [0.5, 0.6) is 0 Å². The van der Waals surface area contributed by atoms with Gasteiger partial charge in [-0.2, -0.15) is 0 Å². The number of carbonyl (C=O) groups is 4. The van der Waals surface area contributed by atoms with Gasteiger partial charge in [0.15, 0.2) is 11.6 Å². The first-order valence-corrected chi connectivity index (χ1v) is 11.6. The fourth-order valence-electron chi connectivity index (χ4n) is 5.30. The normalized spacial score (nSPS) is 25.8. The number of amides is 4. The van der Waals surface area contributed by atoms with Gasteiger partial charge in [0.05, 0.1) is 6.54 Å². The molecule has 35 heavy (non-hydrogen) atoms. The van der Waals surface area contributed by atoms with Gasteiger partial charge in [-0.1, -0.05) is 0 Å². The minimum atomic E-state index is -1.36. The lowest BCUT2D eigenvalue weighted by molar-refractivity contribution is -0.140. The Morgan fingerprint density at radius 1 is 1.03 bits per heavy atom. The summed E-state index contributed by atoms with van der Waals surface area (Å²) in [5.74, 6) is -5.47. The molecular formula is C23H28F3N5O4. The molecule has 1 aromatic rings. The largest absolute Gasteiger partial charge is 0.368 e. The van der Waals surface area contributed by atoms with E-state index < -0.39 is 59.2 Å². The van der Waals surface area contributed by atoms with E-state index in [1.165, 1.54) is 9.80 Å². The van der Waals surface area contributed by atoms with Crippen molar-refractivity contribution in [1.29, 1.82) is 0 Å². The minimum absolute atomic E-state index is 0.108. The number of nitrogens with zero attached hydrogens (tertiary/aromatic N) is 2. The first-order chi connectivity index (χ1) is 16.6. The fourth-order valence-corrected chi connectivity index (χ4v) is 5.30. The summed E-state index contributed by atoms with van der Waals surface area (Å²) < 4.78 is 41.6. The number of primary amides is 1. The molecular weight excluding hydrogens is 467 g/mol. The van der Waals surface area contributed by atoms with Gasteiger partial charge < -0.3 is 26.6 Å². The second-order valence-corrected chi connectivity index (χ2v) is 9.44. The van der Waals surface area contributed by atoms with Crippen molar-refractivity contribution < 1.29 is 32.3 Å². The molecule has 5 atom stereocenters. The van der Waals surface area contributed by atoms with Crippen LogP contribution in [-0.2, 0) is 25.6 Å². The summed E-state index contributed by atoms with van der Waals surface area (Å²) in [5, 5.41) is 2.68. The summed E-state index contributed by atoms with van der Waals surface area (Å²) in [7, 11) is 0. The van der Waals surface area contributed by atoms with Gasteiger partial charge in [0.25, 0.3) is 0 Å². The van der Waals surface area contributed by atoms with E-state index in [9.17, 15) is 32.3 Å². The molecule has 2 heterocycles. The number of nitrogens with two attached hydrogens (primary N) is 2. The maximum Gasteiger partial charge on any atom is 0.243 e. The predicted octanol–water partition coefficient (Wildman–Crippen LogP) is -0.0543. The van der Waals surface area contributed by atoms with Crippen LogP contribution in [0, 0.1) is 23.4 Å². The van der Waals surface area contributed by atoms with E-state index >= 15 is 0 Å².